The molecule has 0 amide bonds. The Hall–Kier alpha value is -0.480. The molecule has 15 heavy (non-hydrogen) atoms. The average Bonchev–Trinajstić information content (AvgIpc) is 2.87. The largest absolute Gasteiger partial charge is 0.334 e. The summed E-state index contributed by atoms with van der Waals surface area (Å²) in [5.74, 6) is 1.92. The molecule has 3 nitrogen and oxygen atoms in total. The first-order valence-electron chi connectivity index (χ1n) is 5.61. The molecule has 0 spiro atoms. The van der Waals surface area contributed by atoms with Crippen LogP contribution >= 0.6 is 11.8 Å². The first kappa shape index (κ1) is 11.0. The van der Waals surface area contributed by atoms with E-state index in [1.54, 1.807) is 0 Å². The van der Waals surface area contributed by atoms with E-state index in [-0.39, 0.29) is 0 Å². The fraction of sp³-hybridized carbons (Fsp3) is 0.727. The van der Waals surface area contributed by atoms with Gasteiger partial charge in [-0.05, 0) is 31.4 Å². The molecule has 0 saturated carbocycles. The summed E-state index contributed by atoms with van der Waals surface area (Å²) in [6.07, 6.45) is 8.68. The van der Waals surface area contributed by atoms with E-state index >= 15 is 0 Å². The summed E-state index contributed by atoms with van der Waals surface area (Å²) in [5, 5.41) is 3.41. The van der Waals surface area contributed by atoms with E-state index in [2.05, 4.69) is 21.1 Å². The topological polar surface area (TPSA) is 29.9 Å². The van der Waals surface area contributed by atoms with Gasteiger partial charge in [-0.2, -0.15) is 11.8 Å². The highest BCUT2D eigenvalue weighted by Gasteiger charge is 2.19. The Morgan fingerprint density at radius 2 is 2.60 bits per heavy atom. The maximum atomic E-state index is 4.27. The van der Waals surface area contributed by atoms with Crippen molar-refractivity contribution in [1.82, 2.24) is 14.9 Å². The zero-order valence-corrected chi connectivity index (χ0v) is 10.1. The fourth-order valence-electron chi connectivity index (χ4n) is 2.14. The van der Waals surface area contributed by atoms with Gasteiger partial charge in [0, 0.05) is 30.9 Å². The van der Waals surface area contributed by atoms with Crippen LogP contribution in [0.1, 0.15) is 24.5 Å². The molecule has 4 heteroatoms. The molecule has 1 fully saturated rings. The molecule has 0 radical (unpaired) electrons. The smallest absolute Gasteiger partial charge is 0.0948 e. The lowest BCUT2D eigenvalue weighted by atomic mass is 10.1. The highest BCUT2D eigenvalue weighted by Crippen LogP contribution is 2.22. The first-order valence-corrected chi connectivity index (χ1v) is 7.01. The van der Waals surface area contributed by atoms with Gasteiger partial charge in [0.2, 0.25) is 0 Å². The third kappa shape index (κ3) is 2.75. The molecule has 1 aliphatic rings. The number of hydrogen-bond acceptors (Lipinski definition) is 3. The van der Waals surface area contributed by atoms with Crippen molar-refractivity contribution in [2.24, 2.45) is 0 Å². The van der Waals surface area contributed by atoms with Crippen LogP contribution in [0, 0.1) is 0 Å². The van der Waals surface area contributed by atoms with Gasteiger partial charge >= 0.3 is 0 Å². The molecule has 0 aromatic carbocycles. The second kappa shape index (κ2) is 5.56. The Morgan fingerprint density at radius 1 is 1.67 bits per heavy atom. The molecule has 1 aromatic heterocycles. The van der Waals surface area contributed by atoms with Crippen molar-refractivity contribution in [2.75, 3.05) is 25.1 Å². The van der Waals surface area contributed by atoms with Gasteiger partial charge in [-0.3, -0.25) is 0 Å². The minimum atomic E-state index is 0.682. The van der Waals surface area contributed by atoms with Crippen molar-refractivity contribution in [3.8, 4) is 0 Å². The van der Waals surface area contributed by atoms with Crippen LogP contribution in [0.5, 0.6) is 0 Å². The van der Waals surface area contributed by atoms with Crippen LogP contribution in [0.4, 0.5) is 0 Å². The number of aryl methyl sites for hydroxylation is 1. The van der Waals surface area contributed by atoms with Gasteiger partial charge in [0.05, 0.1) is 6.33 Å². The maximum absolute atomic E-state index is 4.27. The SMILES string of the molecule is CSCCCn1cncc1C1CCNC1. The molecule has 1 aliphatic heterocycles. The first-order chi connectivity index (χ1) is 7.42. The number of rotatable bonds is 5. The second-order valence-corrected chi connectivity index (χ2v) is 5.03. The zero-order chi connectivity index (χ0) is 10.5. The van der Waals surface area contributed by atoms with E-state index in [1.807, 2.05) is 24.3 Å². The monoisotopic (exact) mass is 225 g/mol. The average molecular weight is 225 g/mol. The minimum absolute atomic E-state index is 0.682. The van der Waals surface area contributed by atoms with Crippen molar-refractivity contribution in [3.63, 3.8) is 0 Å². The van der Waals surface area contributed by atoms with Crippen LogP contribution in [0.2, 0.25) is 0 Å². The molecular weight excluding hydrogens is 206 g/mol. The predicted octanol–water partition coefficient (Wildman–Crippen LogP) is 1.71. The molecular formula is C11H19N3S. The van der Waals surface area contributed by atoms with Gasteiger partial charge in [-0.15, -0.1) is 0 Å². The summed E-state index contributed by atoms with van der Waals surface area (Å²) < 4.78 is 2.33. The summed E-state index contributed by atoms with van der Waals surface area (Å²) in [5.41, 5.74) is 1.42. The van der Waals surface area contributed by atoms with Gasteiger partial charge in [-0.1, -0.05) is 0 Å². The Morgan fingerprint density at radius 3 is 3.33 bits per heavy atom. The standard InChI is InChI=1S/C11H19N3S/c1-15-6-2-5-14-9-13-8-11(14)10-3-4-12-7-10/h8-10,12H,2-7H2,1H3. The van der Waals surface area contributed by atoms with E-state index in [0.29, 0.717) is 5.92 Å². The van der Waals surface area contributed by atoms with Crippen molar-refractivity contribution in [3.05, 3.63) is 18.2 Å². The zero-order valence-electron chi connectivity index (χ0n) is 9.28. The van der Waals surface area contributed by atoms with Gasteiger partial charge in [0.1, 0.15) is 0 Å². The molecule has 0 bridgehead atoms. The van der Waals surface area contributed by atoms with Crippen LogP contribution in [-0.4, -0.2) is 34.6 Å². The van der Waals surface area contributed by atoms with Gasteiger partial charge in [0.15, 0.2) is 0 Å². The van der Waals surface area contributed by atoms with E-state index in [4.69, 9.17) is 0 Å². The van der Waals surface area contributed by atoms with E-state index in [9.17, 15) is 0 Å². The molecule has 1 N–H and O–H groups in total. The van der Waals surface area contributed by atoms with Crippen LogP contribution in [-0.2, 0) is 6.54 Å². The van der Waals surface area contributed by atoms with Crippen molar-refractivity contribution in [2.45, 2.75) is 25.3 Å². The lowest BCUT2D eigenvalue weighted by molar-refractivity contribution is 0.606. The summed E-state index contributed by atoms with van der Waals surface area (Å²) in [6.45, 7) is 3.39. The summed E-state index contributed by atoms with van der Waals surface area (Å²) >= 11 is 1.92. The Kier molecular flexibility index (Phi) is 4.09. The predicted molar refractivity (Wildman–Crippen MR) is 65.5 cm³/mol. The Balaban J connectivity index is 1.95. The third-order valence-electron chi connectivity index (χ3n) is 2.97. The van der Waals surface area contributed by atoms with Crippen LogP contribution in [0.15, 0.2) is 12.5 Å². The molecule has 1 atom stereocenters. The van der Waals surface area contributed by atoms with Crippen LogP contribution in [0.3, 0.4) is 0 Å². The highest BCUT2D eigenvalue weighted by atomic mass is 32.2. The molecule has 1 saturated heterocycles. The normalized spacial score (nSPS) is 21.0. The number of nitrogens with one attached hydrogen (secondary N) is 1. The lowest BCUT2D eigenvalue weighted by Crippen LogP contribution is -2.11. The Bertz CT molecular complexity index is 292. The number of imidazole rings is 1. The fourth-order valence-corrected chi connectivity index (χ4v) is 2.56. The van der Waals surface area contributed by atoms with Gasteiger partial charge in [0.25, 0.3) is 0 Å². The third-order valence-corrected chi connectivity index (χ3v) is 3.67. The molecule has 84 valence electrons. The molecule has 1 aromatic rings. The van der Waals surface area contributed by atoms with Crippen LogP contribution in [0.25, 0.3) is 0 Å². The number of hydrogen-bond donors (Lipinski definition) is 1. The van der Waals surface area contributed by atoms with Crippen LogP contribution < -0.4 is 5.32 Å². The lowest BCUT2D eigenvalue weighted by Gasteiger charge is -2.12. The van der Waals surface area contributed by atoms with Crippen molar-refractivity contribution < 1.29 is 0 Å². The summed E-state index contributed by atoms with van der Waals surface area (Å²) in [7, 11) is 0. The summed E-state index contributed by atoms with van der Waals surface area (Å²) in [4.78, 5) is 4.27. The van der Waals surface area contributed by atoms with Crippen molar-refractivity contribution in [1.29, 1.82) is 0 Å². The molecule has 0 aliphatic carbocycles. The van der Waals surface area contributed by atoms with E-state index in [1.165, 1.54) is 24.3 Å². The highest BCUT2D eigenvalue weighted by molar-refractivity contribution is 7.98. The van der Waals surface area contributed by atoms with Crippen molar-refractivity contribution >= 4 is 11.8 Å². The maximum Gasteiger partial charge on any atom is 0.0948 e. The van der Waals surface area contributed by atoms with E-state index in [0.717, 1.165) is 19.6 Å². The number of nitrogens with zero attached hydrogens (tertiary/aromatic N) is 2. The van der Waals surface area contributed by atoms with E-state index < -0.39 is 0 Å². The number of thioether (sulfide) groups is 1. The quantitative estimate of drug-likeness (QED) is 0.774. The summed E-state index contributed by atoms with van der Waals surface area (Å²) in [6, 6.07) is 0. The number of aromatic nitrogens is 2. The second-order valence-electron chi connectivity index (χ2n) is 4.05. The Labute approximate surface area is 95.7 Å². The van der Waals surface area contributed by atoms with Gasteiger partial charge in [-0.25, -0.2) is 4.98 Å². The van der Waals surface area contributed by atoms with Gasteiger partial charge < -0.3 is 9.88 Å². The molecule has 1 unspecified atom stereocenters. The molecule has 2 heterocycles. The minimum Gasteiger partial charge on any atom is -0.334 e. The molecule has 2 rings (SSSR count).